The van der Waals surface area contributed by atoms with Crippen LogP contribution in [0.5, 0.6) is 0 Å². The van der Waals surface area contributed by atoms with Crippen molar-refractivity contribution < 1.29 is 9.59 Å². The fraction of sp³-hybridized carbons (Fsp3) is 0.636. The number of carbonyl (C=O) groups excluding carboxylic acids is 2. The molecule has 140 valence electrons. The van der Waals surface area contributed by atoms with E-state index in [1.54, 1.807) is 0 Å². The lowest BCUT2D eigenvalue weighted by Gasteiger charge is -2.36. The third-order valence-electron chi connectivity index (χ3n) is 6.47. The Balaban J connectivity index is 1.23. The molecule has 1 saturated heterocycles. The minimum atomic E-state index is 0.155. The van der Waals surface area contributed by atoms with Gasteiger partial charge in [-0.1, -0.05) is 49.6 Å². The quantitative estimate of drug-likeness (QED) is 0.831. The molecule has 1 aromatic carbocycles. The zero-order valence-corrected chi connectivity index (χ0v) is 15.6. The van der Waals surface area contributed by atoms with Crippen LogP contribution in [0.15, 0.2) is 30.3 Å². The SMILES string of the molecule is O=C(CC1CCCCC1)N1CCN(C(=O)C2CC2c2ccccc2)CC1. The molecule has 0 radical (unpaired) electrons. The molecule has 4 nitrogen and oxygen atoms in total. The van der Waals surface area contributed by atoms with Crippen molar-refractivity contribution >= 4 is 11.8 Å². The van der Waals surface area contributed by atoms with Crippen molar-refractivity contribution in [1.82, 2.24) is 9.80 Å². The Labute approximate surface area is 156 Å². The molecule has 1 aliphatic heterocycles. The van der Waals surface area contributed by atoms with Crippen molar-refractivity contribution in [3.05, 3.63) is 35.9 Å². The number of benzene rings is 1. The Morgan fingerprint density at radius 3 is 2.23 bits per heavy atom. The van der Waals surface area contributed by atoms with E-state index in [9.17, 15) is 9.59 Å². The molecule has 4 rings (SSSR count). The Morgan fingerprint density at radius 1 is 0.885 bits per heavy atom. The highest BCUT2D eigenvalue weighted by atomic mass is 16.2. The number of amides is 2. The average Bonchev–Trinajstić information content (AvgIpc) is 3.50. The van der Waals surface area contributed by atoms with E-state index in [4.69, 9.17) is 0 Å². The molecule has 0 spiro atoms. The summed E-state index contributed by atoms with van der Waals surface area (Å²) in [4.78, 5) is 29.3. The summed E-state index contributed by atoms with van der Waals surface area (Å²) in [6, 6.07) is 10.4. The summed E-state index contributed by atoms with van der Waals surface area (Å²) in [5.41, 5.74) is 1.28. The van der Waals surface area contributed by atoms with E-state index in [-0.39, 0.29) is 5.92 Å². The van der Waals surface area contributed by atoms with E-state index >= 15 is 0 Å². The van der Waals surface area contributed by atoms with Gasteiger partial charge in [0.15, 0.2) is 0 Å². The standard InChI is InChI=1S/C22H30N2O2/c25-21(15-17-7-3-1-4-8-17)23-11-13-24(14-12-23)22(26)20-16-19(20)18-9-5-2-6-10-18/h2,5-6,9-10,17,19-20H,1,3-4,7-8,11-16H2. The van der Waals surface area contributed by atoms with Gasteiger partial charge in [-0.15, -0.1) is 0 Å². The first kappa shape index (κ1) is 17.6. The van der Waals surface area contributed by atoms with Crippen LogP contribution in [0.3, 0.4) is 0 Å². The Bertz CT molecular complexity index is 631. The molecule has 2 aliphatic carbocycles. The molecule has 0 aromatic heterocycles. The lowest BCUT2D eigenvalue weighted by molar-refractivity contribution is -0.141. The molecule has 2 saturated carbocycles. The lowest BCUT2D eigenvalue weighted by atomic mass is 9.86. The summed E-state index contributed by atoms with van der Waals surface area (Å²) < 4.78 is 0. The molecule has 0 bridgehead atoms. The Hall–Kier alpha value is -1.84. The number of hydrogen-bond acceptors (Lipinski definition) is 2. The van der Waals surface area contributed by atoms with Crippen molar-refractivity contribution in [2.45, 2.75) is 50.9 Å². The monoisotopic (exact) mass is 354 g/mol. The van der Waals surface area contributed by atoms with Gasteiger partial charge in [0.25, 0.3) is 0 Å². The first-order valence-corrected chi connectivity index (χ1v) is 10.3. The van der Waals surface area contributed by atoms with Crippen LogP contribution in [0, 0.1) is 11.8 Å². The van der Waals surface area contributed by atoms with Crippen LogP contribution >= 0.6 is 0 Å². The van der Waals surface area contributed by atoms with Crippen LogP contribution < -0.4 is 0 Å². The van der Waals surface area contributed by atoms with Gasteiger partial charge >= 0.3 is 0 Å². The van der Waals surface area contributed by atoms with Crippen molar-refractivity contribution in [3.63, 3.8) is 0 Å². The summed E-state index contributed by atoms with van der Waals surface area (Å²) in [6.07, 6.45) is 8.01. The molecule has 26 heavy (non-hydrogen) atoms. The van der Waals surface area contributed by atoms with Crippen molar-refractivity contribution in [1.29, 1.82) is 0 Å². The van der Waals surface area contributed by atoms with Crippen LogP contribution in [0.2, 0.25) is 0 Å². The van der Waals surface area contributed by atoms with Gasteiger partial charge in [-0.05, 0) is 36.7 Å². The molecule has 4 heteroatoms. The number of hydrogen-bond donors (Lipinski definition) is 0. The summed E-state index contributed by atoms with van der Waals surface area (Å²) in [7, 11) is 0. The van der Waals surface area contributed by atoms with Crippen LogP contribution in [-0.2, 0) is 9.59 Å². The summed E-state index contributed by atoms with van der Waals surface area (Å²) in [5.74, 6) is 1.74. The van der Waals surface area contributed by atoms with E-state index in [0.717, 1.165) is 6.42 Å². The van der Waals surface area contributed by atoms with Crippen molar-refractivity contribution in [3.8, 4) is 0 Å². The minimum absolute atomic E-state index is 0.155. The molecule has 2 amide bonds. The van der Waals surface area contributed by atoms with Gasteiger partial charge in [0.05, 0.1) is 0 Å². The zero-order valence-electron chi connectivity index (χ0n) is 15.6. The van der Waals surface area contributed by atoms with Crippen LogP contribution in [-0.4, -0.2) is 47.8 Å². The number of piperazine rings is 1. The van der Waals surface area contributed by atoms with Crippen molar-refractivity contribution in [2.24, 2.45) is 11.8 Å². The van der Waals surface area contributed by atoms with Crippen LogP contribution in [0.4, 0.5) is 0 Å². The third kappa shape index (κ3) is 3.94. The maximum Gasteiger partial charge on any atom is 0.226 e. The highest BCUT2D eigenvalue weighted by Gasteiger charge is 2.46. The predicted molar refractivity (Wildman–Crippen MR) is 102 cm³/mol. The molecule has 1 heterocycles. The molecular formula is C22H30N2O2. The van der Waals surface area contributed by atoms with Crippen molar-refractivity contribution in [2.75, 3.05) is 26.2 Å². The van der Waals surface area contributed by atoms with Gasteiger partial charge in [-0.3, -0.25) is 9.59 Å². The van der Waals surface area contributed by atoms with Gasteiger partial charge in [-0.2, -0.15) is 0 Å². The lowest BCUT2D eigenvalue weighted by Crippen LogP contribution is -2.51. The number of nitrogens with zero attached hydrogens (tertiary/aromatic N) is 2. The number of carbonyl (C=O) groups is 2. The average molecular weight is 354 g/mol. The molecule has 1 aromatic rings. The Kier molecular flexibility index (Phi) is 5.28. The van der Waals surface area contributed by atoms with Gasteiger partial charge in [0.2, 0.25) is 11.8 Å². The van der Waals surface area contributed by atoms with E-state index in [0.29, 0.717) is 56.3 Å². The minimum Gasteiger partial charge on any atom is -0.339 e. The first-order valence-electron chi connectivity index (χ1n) is 10.3. The van der Waals surface area contributed by atoms with Gasteiger partial charge < -0.3 is 9.80 Å². The summed E-state index contributed by atoms with van der Waals surface area (Å²) >= 11 is 0. The maximum atomic E-state index is 12.8. The summed E-state index contributed by atoms with van der Waals surface area (Å²) in [5, 5.41) is 0. The van der Waals surface area contributed by atoms with Crippen LogP contribution in [0.25, 0.3) is 0 Å². The molecule has 2 atom stereocenters. The van der Waals surface area contributed by atoms with E-state index in [1.807, 2.05) is 28.0 Å². The number of rotatable bonds is 4. The van der Waals surface area contributed by atoms with Gasteiger partial charge in [0, 0.05) is 38.5 Å². The fourth-order valence-corrected chi connectivity index (χ4v) is 4.71. The second kappa shape index (κ2) is 7.81. The van der Waals surface area contributed by atoms with E-state index < -0.39 is 0 Å². The second-order valence-electron chi connectivity index (χ2n) is 8.27. The smallest absolute Gasteiger partial charge is 0.226 e. The molecule has 0 N–H and O–H groups in total. The fourth-order valence-electron chi connectivity index (χ4n) is 4.71. The van der Waals surface area contributed by atoms with E-state index in [1.165, 1.54) is 37.7 Å². The second-order valence-corrected chi connectivity index (χ2v) is 8.27. The highest BCUT2D eigenvalue weighted by Crippen LogP contribution is 2.48. The predicted octanol–water partition coefficient (Wildman–Crippen LogP) is 3.43. The highest BCUT2D eigenvalue weighted by molar-refractivity contribution is 5.83. The third-order valence-corrected chi connectivity index (χ3v) is 6.47. The molecular weight excluding hydrogens is 324 g/mol. The largest absolute Gasteiger partial charge is 0.339 e. The molecule has 3 fully saturated rings. The topological polar surface area (TPSA) is 40.6 Å². The maximum absolute atomic E-state index is 12.8. The normalized spacial score (nSPS) is 26.6. The summed E-state index contributed by atoms with van der Waals surface area (Å²) in [6.45, 7) is 2.82. The zero-order chi connectivity index (χ0) is 17.9. The van der Waals surface area contributed by atoms with Gasteiger partial charge in [0.1, 0.15) is 0 Å². The molecule has 2 unspecified atom stereocenters. The van der Waals surface area contributed by atoms with Crippen LogP contribution in [0.1, 0.15) is 56.4 Å². The van der Waals surface area contributed by atoms with Gasteiger partial charge in [-0.25, -0.2) is 0 Å². The molecule has 3 aliphatic rings. The first-order chi connectivity index (χ1) is 12.7. The van der Waals surface area contributed by atoms with E-state index in [2.05, 4.69) is 12.1 Å². The Morgan fingerprint density at radius 2 is 1.54 bits per heavy atom.